The van der Waals surface area contributed by atoms with Crippen LogP contribution in [0.25, 0.3) is 11.6 Å². The van der Waals surface area contributed by atoms with Gasteiger partial charge in [0.15, 0.2) is 0 Å². The van der Waals surface area contributed by atoms with E-state index in [9.17, 15) is 8.42 Å². The number of aromatic amines is 1. The van der Waals surface area contributed by atoms with Gasteiger partial charge in [0.25, 0.3) is 0 Å². The first kappa shape index (κ1) is 12.7. The number of anilines is 1. The first-order valence-corrected chi connectivity index (χ1v) is 7.92. The average Bonchev–Trinajstić information content (AvgIpc) is 2.98. The molecule has 2 aromatic rings. The van der Waals surface area contributed by atoms with E-state index in [0.29, 0.717) is 5.69 Å². The highest BCUT2D eigenvalue weighted by molar-refractivity contribution is 7.92. The topological polar surface area (TPSA) is 74.3 Å². The average molecular weight is 287 g/mol. The lowest BCUT2D eigenvalue weighted by molar-refractivity contribution is 0.607. The molecule has 1 aliphatic heterocycles. The number of fused-ring (bicyclic) bond motifs is 1. The van der Waals surface area contributed by atoms with E-state index in [4.69, 9.17) is 0 Å². The van der Waals surface area contributed by atoms with Crippen LogP contribution in [0.5, 0.6) is 0 Å². The second kappa shape index (κ2) is 4.64. The van der Waals surface area contributed by atoms with Crippen molar-refractivity contribution in [1.82, 2.24) is 4.98 Å². The van der Waals surface area contributed by atoms with Crippen molar-refractivity contribution in [2.24, 2.45) is 4.99 Å². The first-order chi connectivity index (χ1) is 9.51. The molecule has 3 rings (SSSR count). The molecule has 5 nitrogen and oxygen atoms in total. The molecule has 1 aliphatic rings. The molecule has 0 amide bonds. The van der Waals surface area contributed by atoms with Crippen molar-refractivity contribution in [2.45, 2.75) is 0 Å². The third-order valence-corrected chi connectivity index (χ3v) is 3.49. The van der Waals surface area contributed by atoms with E-state index in [1.165, 1.54) is 0 Å². The summed E-state index contributed by atoms with van der Waals surface area (Å²) >= 11 is 0. The van der Waals surface area contributed by atoms with Crippen LogP contribution in [0.4, 0.5) is 11.4 Å². The standard InChI is InChI=1S/C14H13N3O2S/c1-20(18,19)17-12-4-5-14-13(8-12)10(9-16-14)7-11-3-2-6-15-11/h2-9,15,17H,1H3. The molecule has 0 spiro atoms. The van der Waals surface area contributed by atoms with Crippen molar-refractivity contribution in [1.29, 1.82) is 0 Å². The van der Waals surface area contributed by atoms with Gasteiger partial charge in [-0.1, -0.05) is 0 Å². The third kappa shape index (κ3) is 2.65. The van der Waals surface area contributed by atoms with Gasteiger partial charge in [-0.15, -0.1) is 0 Å². The SMILES string of the molecule is CS(=O)(=O)Nc1ccc2c(c1)C(=Cc1ccc[nH]1)C=N2. The second-order valence-electron chi connectivity index (χ2n) is 4.59. The number of H-pyrrole nitrogens is 1. The fourth-order valence-electron chi connectivity index (χ4n) is 2.08. The Balaban J connectivity index is 1.99. The molecular formula is C14H13N3O2S. The van der Waals surface area contributed by atoms with Crippen molar-refractivity contribution in [3.63, 3.8) is 0 Å². The minimum absolute atomic E-state index is 0.536. The summed E-state index contributed by atoms with van der Waals surface area (Å²) in [5, 5.41) is 0. The van der Waals surface area contributed by atoms with Gasteiger partial charge in [0.1, 0.15) is 0 Å². The molecule has 20 heavy (non-hydrogen) atoms. The van der Waals surface area contributed by atoms with Crippen LogP contribution in [0, 0.1) is 0 Å². The van der Waals surface area contributed by atoms with Gasteiger partial charge >= 0.3 is 0 Å². The number of hydrogen-bond acceptors (Lipinski definition) is 3. The Kier molecular flexibility index (Phi) is 2.94. The van der Waals surface area contributed by atoms with E-state index in [0.717, 1.165) is 28.8 Å². The van der Waals surface area contributed by atoms with Gasteiger partial charge in [-0.3, -0.25) is 9.71 Å². The van der Waals surface area contributed by atoms with Gasteiger partial charge in [0.05, 0.1) is 11.9 Å². The monoisotopic (exact) mass is 287 g/mol. The molecule has 2 N–H and O–H groups in total. The van der Waals surface area contributed by atoms with Gasteiger partial charge in [-0.05, 0) is 36.4 Å². The molecular weight excluding hydrogens is 274 g/mol. The number of rotatable bonds is 3. The van der Waals surface area contributed by atoms with Crippen LogP contribution < -0.4 is 4.72 Å². The number of aliphatic imine (C=N–C) groups is 1. The Labute approximate surface area is 117 Å². The van der Waals surface area contributed by atoms with Crippen LogP contribution in [-0.2, 0) is 10.0 Å². The van der Waals surface area contributed by atoms with Crippen LogP contribution >= 0.6 is 0 Å². The van der Waals surface area contributed by atoms with Gasteiger partial charge in [-0.2, -0.15) is 0 Å². The van der Waals surface area contributed by atoms with E-state index >= 15 is 0 Å². The summed E-state index contributed by atoms with van der Waals surface area (Å²) < 4.78 is 25.0. The Morgan fingerprint density at radius 3 is 2.85 bits per heavy atom. The quantitative estimate of drug-likeness (QED) is 0.910. The molecule has 0 saturated heterocycles. The normalized spacial score (nSPS) is 15.6. The Hall–Kier alpha value is -2.34. The molecule has 1 aromatic heterocycles. The van der Waals surface area contributed by atoms with E-state index in [1.54, 1.807) is 24.4 Å². The smallest absolute Gasteiger partial charge is 0.229 e. The summed E-state index contributed by atoms with van der Waals surface area (Å²) in [6.45, 7) is 0. The highest BCUT2D eigenvalue weighted by Crippen LogP contribution is 2.34. The third-order valence-electron chi connectivity index (χ3n) is 2.89. The summed E-state index contributed by atoms with van der Waals surface area (Å²) in [4.78, 5) is 7.41. The largest absolute Gasteiger partial charge is 0.362 e. The number of nitrogens with one attached hydrogen (secondary N) is 2. The maximum atomic E-state index is 11.3. The van der Waals surface area contributed by atoms with Gasteiger partial charge in [0.2, 0.25) is 10.0 Å². The number of benzene rings is 1. The summed E-state index contributed by atoms with van der Waals surface area (Å²) in [6.07, 6.45) is 6.72. The molecule has 0 radical (unpaired) electrons. The summed E-state index contributed by atoms with van der Waals surface area (Å²) in [5.74, 6) is 0. The number of nitrogens with zero attached hydrogens (tertiary/aromatic N) is 1. The molecule has 0 fully saturated rings. The molecule has 102 valence electrons. The van der Waals surface area contributed by atoms with Gasteiger partial charge in [0, 0.05) is 34.9 Å². The van der Waals surface area contributed by atoms with Crippen LogP contribution in [0.2, 0.25) is 0 Å². The molecule has 0 saturated carbocycles. The highest BCUT2D eigenvalue weighted by atomic mass is 32.2. The van der Waals surface area contributed by atoms with E-state index in [-0.39, 0.29) is 0 Å². The first-order valence-electron chi connectivity index (χ1n) is 6.03. The molecule has 2 heterocycles. The minimum Gasteiger partial charge on any atom is -0.362 e. The summed E-state index contributed by atoms with van der Waals surface area (Å²) in [6, 6.07) is 9.17. The predicted molar refractivity (Wildman–Crippen MR) is 81.7 cm³/mol. The Bertz CT molecular complexity index is 803. The fraction of sp³-hybridized carbons (Fsp3) is 0.0714. The summed E-state index contributed by atoms with van der Waals surface area (Å²) in [5.41, 5.74) is 4.20. The van der Waals surface area contributed by atoms with Gasteiger partial charge in [-0.25, -0.2) is 8.42 Å². The van der Waals surface area contributed by atoms with E-state index in [2.05, 4.69) is 14.7 Å². The molecule has 0 atom stereocenters. The van der Waals surface area contributed by atoms with Crippen LogP contribution in [0.3, 0.4) is 0 Å². The molecule has 0 aliphatic carbocycles. The lowest BCUT2D eigenvalue weighted by atomic mass is 10.1. The highest BCUT2D eigenvalue weighted by Gasteiger charge is 2.14. The lowest BCUT2D eigenvalue weighted by Crippen LogP contribution is -2.09. The Morgan fingerprint density at radius 1 is 1.30 bits per heavy atom. The maximum absolute atomic E-state index is 11.3. The number of allylic oxidation sites excluding steroid dienone is 1. The maximum Gasteiger partial charge on any atom is 0.229 e. The number of sulfonamides is 1. The van der Waals surface area contributed by atoms with E-state index < -0.39 is 10.0 Å². The van der Waals surface area contributed by atoms with Crippen molar-refractivity contribution in [3.8, 4) is 0 Å². The molecule has 0 unspecified atom stereocenters. The molecule has 0 bridgehead atoms. The Morgan fingerprint density at radius 2 is 2.15 bits per heavy atom. The van der Waals surface area contributed by atoms with Crippen molar-refractivity contribution in [3.05, 3.63) is 47.8 Å². The van der Waals surface area contributed by atoms with Crippen LogP contribution in [0.15, 0.2) is 41.5 Å². The van der Waals surface area contributed by atoms with Crippen LogP contribution in [-0.4, -0.2) is 25.9 Å². The van der Waals surface area contributed by atoms with E-state index in [1.807, 2.05) is 24.4 Å². The van der Waals surface area contributed by atoms with Crippen molar-refractivity contribution >= 4 is 39.3 Å². The van der Waals surface area contributed by atoms with Gasteiger partial charge < -0.3 is 4.98 Å². The predicted octanol–water partition coefficient (Wildman–Crippen LogP) is 2.64. The number of hydrogen-bond donors (Lipinski definition) is 2. The lowest BCUT2D eigenvalue weighted by Gasteiger charge is -2.06. The second-order valence-corrected chi connectivity index (χ2v) is 6.34. The zero-order valence-electron chi connectivity index (χ0n) is 10.8. The molecule has 6 heteroatoms. The zero-order valence-corrected chi connectivity index (χ0v) is 11.6. The summed E-state index contributed by atoms with van der Waals surface area (Å²) in [7, 11) is -3.28. The number of aromatic nitrogens is 1. The van der Waals surface area contributed by atoms with Crippen molar-refractivity contribution < 1.29 is 8.42 Å². The zero-order chi connectivity index (χ0) is 14.2. The van der Waals surface area contributed by atoms with Crippen LogP contribution in [0.1, 0.15) is 11.3 Å². The minimum atomic E-state index is -3.28. The fourth-order valence-corrected chi connectivity index (χ4v) is 2.64. The van der Waals surface area contributed by atoms with Crippen molar-refractivity contribution in [2.75, 3.05) is 11.0 Å². The molecule has 1 aromatic carbocycles.